The van der Waals surface area contributed by atoms with E-state index < -0.39 is 10.7 Å². The quantitative estimate of drug-likeness (QED) is 0.682. The van der Waals surface area contributed by atoms with Crippen LogP contribution < -0.4 is 5.32 Å². The van der Waals surface area contributed by atoms with Crippen LogP contribution in [0, 0.1) is 15.9 Å². The zero-order chi connectivity index (χ0) is 14.1. The maximum Gasteiger partial charge on any atom is 0.295 e. The Kier molecular flexibility index (Phi) is 3.56. The molecule has 20 heavy (non-hydrogen) atoms. The van der Waals surface area contributed by atoms with Crippen molar-refractivity contribution < 1.29 is 9.31 Å². The van der Waals surface area contributed by atoms with Crippen LogP contribution in [0.25, 0.3) is 0 Å². The van der Waals surface area contributed by atoms with E-state index in [1.54, 1.807) is 0 Å². The number of hydrogen-bond acceptors (Lipinski definition) is 4. The standard InChI is InChI=1S/C14H18FN3O2/c15-10-4-5-11(14(9-10)18(19)20)16-12-6-8-17-7-2-1-3-13(12)17/h4-5,9,12-13,16H,1-3,6-8H2/t12-,13-/m1/s1. The highest BCUT2D eigenvalue weighted by molar-refractivity contribution is 5.62. The zero-order valence-electron chi connectivity index (χ0n) is 11.2. The average Bonchev–Trinajstić information content (AvgIpc) is 2.84. The lowest BCUT2D eigenvalue weighted by Gasteiger charge is -2.32. The fraction of sp³-hybridized carbons (Fsp3) is 0.571. The third-order valence-electron chi connectivity index (χ3n) is 4.35. The molecule has 2 aliphatic rings. The van der Waals surface area contributed by atoms with E-state index in [0.29, 0.717) is 11.7 Å². The maximum absolute atomic E-state index is 13.1. The number of nitro benzene ring substituents is 1. The summed E-state index contributed by atoms with van der Waals surface area (Å²) >= 11 is 0. The number of nitro groups is 1. The molecular formula is C14H18FN3O2. The molecule has 0 bridgehead atoms. The number of benzene rings is 1. The highest BCUT2D eigenvalue weighted by Gasteiger charge is 2.36. The van der Waals surface area contributed by atoms with Crippen molar-refractivity contribution in [3.63, 3.8) is 0 Å². The van der Waals surface area contributed by atoms with Crippen molar-refractivity contribution in [3.8, 4) is 0 Å². The average molecular weight is 279 g/mol. The number of fused-ring (bicyclic) bond motifs is 1. The Morgan fingerprint density at radius 1 is 1.30 bits per heavy atom. The molecule has 0 spiro atoms. The number of halogens is 1. The normalized spacial score (nSPS) is 26.2. The topological polar surface area (TPSA) is 58.4 Å². The zero-order valence-corrected chi connectivity index (χ0v) is 11.2. The van der Waals surface area contributed by atoms with Crippen LogP contribution in [0.15, 0.2) is 18.2 Å². The highest BCUT2D eigenvalue weighted by atomic mass is 19.1. The smallest absolute Gasteiger partial charge is 0.295 e. The molecule has 3 rings (SSSR count). The number of rotatable bonds is 3. The molecular weight excluding hydrogens is 261 g/mol. The van der Waals surface area contributed by atoms with Crippen molar-refractivity contribution in [2.75, 3.05) is 18.4 Å². The van der Waals surface area contributed by atoms with Gasteiger partial charge in [-0.3, -0.25) is 15.0 Å². The monoisotopic (exact) mass is 279 g/mol. The van der Waals surface area contributed by atoms with Gasteiger partial charge in [0, 0.05) is 18.6 Å². The van der Waals surface area contributed by atoms with Crippen LogP contribution in [-0.4, -0.2) is 35.0 Å². The third kappa shape index (κ3) is 2.47. The van der Waals surface area contributed by atoms with Crippen molar-refractivity contribution in [1.82, 2.24) is 4.90 Å². The van der Waals surface area contributed by atoms with Crippen LogP contribution in [0.3, 0.4) is 0 Å². The van der Waals surface area contributed by atoms with E-state index in [0.717, 1.165) is 32.0 Å². The van der Waals surface area contributed by atoms with Crippen LogP contribution in [0.2, 0.25) is 0 Å². The summed E-state index contributed by atoms with van der Waals surface area (Å²) in [6.07, 6.45) is 4.57. The lowest BCUT2D eigenvalue weighted by molar-refractivity contribution is -0.384. The van der Waals surface area contributed by atoms with E-state index in [4.69, 9.17) is 0 Å². The summed E-state index contributed by atoms with van der Waals surface area (Å²) in [5, 5.41) is 14.3. The van der Waals surface area contributed by atoms with Crippen LogP contribution >= 0.6 is 0 Å². The van der Waals surface area contributed by atoms with Gasteiger partial charge in [-0.15, -0.1) is 0 Å². The van der Waals surface area contributed by atoms with Gasteiger partial charge in [0.25, 0.3) is 5.69 Å². The van der Waals surface area contributed by atoms with Crippen LogP contribution in [0.1, 0.15) is 25.7 Å². The van der Waals surface area contributed by atoms with Gasteiger partial charge in [-0.1, -0.05) is 6.42 Å². The van der Waals surface area contributed by atoms with Crippen molar-refractivity contribution >= 4 is 11.4 Å². The molecule has 2 fully saturated rings. The summed E-state index contributed by atoms with van der Waals surface area (Å²) in [5.74, 6) is -0.576. The first kappa shape index (κ1) is 13.3. The first-order valence-corrected chi connectivity index (χ1v) is 7.09. The Bertz CT molecular complexity index is 523. The number of piperidine rings is 1. The summed E-state index contributed by atoms with van der Waals surface area (Å²) in [7, 11) is 0. The fourth-order valence-electron chi connectivity index (χ4n) is 3.39. The molecule has 2 aliphatic heterocycles. The molecule has 108 valence electrons. The van der Waals surface area contributed by atoms with Crippen molar-refractivity contribution in [3.05, 3.63) is 34.1 Å². The molecule has 1 aromatic rings. The number of nitrogens with one attached hydrogen (secondary N) is 1. The molecule has 2 saturated heterocycles. The van der Waals surface area contributed by atoms with Crippen LogP contribution in [-0.2, 0) is 0 Å². The van der Waals surface area contributed by atoms with Gasteiger partial charge in [-0.2, -0.15) is 0 Å². The molecule has 6 heteroatoms. The second kappa shape index (κ2) is 5.36. The Morgan fingerprint density at radius 2 is 2.15 bits per heavy atom. The highest BCUT2D eigenvalue weighted by Crippen LogP contribution is 2.32. The molecule has 2 atom stereocenters. The van der Waals surface area contributed by atoms with Gasteiger partial charge in [-0.25, -0.2) is 4.39 Å². The van der Waals surface area contributed by atoms with Gasteiger partial charge < -0.3 is 5.32 Å². The molecule has 0 amide bonds. The molecule has 1 aromatic carbocycles. The molecule has 1 N–H and O–H groups in total. The van der Waals surface area contributed by atoms with Crippen LogP contribution in [0.5, 0.6) is 0 Å². The second-order valence-corrected chi connectivity index (χ2v) is 5.56. The molecule has 0 radical (unpaired) electrons. The molecule has 0 aromatic heterocycles. The minimum absolute atomic E-state index is 0.181. The van der Waals surface area contributed by atoms with E-state index in [9.17, 15) is 14.5 Å². The van der Waals surface area contributed by atoms with Gasteiger partial charge >= 0.3 is 0 Å². The molecule has 2 heterocycles. The predicted octanol–water partition coefficient (Wildman–Crippen LogP) is 2.77. The van der Waals surface area contributed by atoms with Gasteiger partial charge in [0.15, 0.2) is 0 Å². The molecule has 5 nitrogen and oxygen atoms in total. The SMILES string of the molecule is O=[N+]([O-])c1cc(F)ccc1N[C@@H]1CCN2CCCC[C@H]12. The van der Waals surface area contributed by atoms with E-state index in [2.05, 4.69) is 10.2 Å². The van der Waals surface area contributed by atoms with E-state index in [1.807, 2.05) is 0 Å². The van der Waals surface area contributed by atoms with Crippen molar-refractivity contribution in [2.24, 2.45) is 0 Å². The van der Waals surface area contributed by atoms with E-state index >= 15 is 0 Å². The van der Waals surface area contributed by atoms with Crippen molar-refractivity contribution in [1.29, 1.82) is 0 Å². The van der Waals surface area contributed by atoms with E-state index in [1.165, 1.54) is 25.0 Å². The summed E-state index contributed by atoms with van der Waals surface area (Å²) in [6.45, 7) is 2.16. The number of anilines is 1. The van der Waals surface area contributed by atoms with E-state index in [-0.39, 0.29) is 11.7 Å². The summed E-state index contributed by atoms with van der Waals surface area (Å²) in [5.41, 5.74) is 0.244. The fourth-order valence-corrected chi connectivity index (χ4v) is 3.39. The Balaban J connectivity index is 1.79. The minimum atomic E-state index is -0.576. The summed E-state index contributed by atoms with van der Waals surface area (Å²) in [4.78, 5) is 12.9. The Hall–Kier alpha value is -1.69. The third-order valence-corrected chi connectivity index (χ3v) is 4.35. The predicted molar refractivity (Wildman–Crippen MR) is 74.3 cm³/mol. The second-order valence-electron chi connectivity index (χ2n) is 5.56. The lowest BCUT2D eigenvalue weighted by Crippen LogP contribution is -2.41. The van der Waals surface area contributed by atoms with Gasteiger partial charge in [-0.05, 0) is 37.9 Å². The first-order chi connectivity index (χ1) is 9.65. The maximum atomic E-state index is 13.1. The Morgan fingerprint density at radius 3 is 2.95 bits per heavy atom. The summed E-state index contributed by atoms with van der Waals surface area (Å²) in [6, 6.07) is 4.39. The van der Waals surface area contributed by atoms with Crippen LogP contribution in [0.4, 0.5) is 15.8 Å². The number of hydrogen-bond donors (Lipinski definition) is 1. The largest absolute Gasteiger partial charge is 0.375 e. The molecule has 0 unspecified atom stereocenters. The minimum Gasteiger partial charge on any atom is -0.375 e. The lowest BCUT2D eigenvalue weighted by atomic mass is 9.99. The van der Waals surface area contributed by atoms with Gasteiger partial charge in [0.05, 0.1) is 11.0 Å². The van der Waals surface area contributed by atoms with Gasteiger partial charge in [0.1, 0.15) is 11.5 Å². The molecule has 0 aliphatic carbocycles. The number of nitrogens with zero attached hydrogens (tertiary/aromatic N) is 2. The summed E-state index contributed by atoms with van der Waals surface area (Å²) < 4.78 is 13.1. The Labute approximate surface area is 116 Å². The van der Waals surface area contributed by atoms with Crippen molar-refractivity contribution in [2.45, 2.75) is 37.8 Å². The van der Waals surface area contributed by atoms with Gasteiger partial charge in [0.2, 0.25) is 0 Å². The molecule has 0 saturated carbocycles. The first-order valence-electron chi connectivity index (χ1n) is 7.09.